The van der Waals surface area contributed by atoms with Crippen molar-refractivity contribution in [2.24, 2.45) is 0 Å². The molecule has 0 heterocycles. The number of benzene rings is 3. The third-order valence-electron chi connectivity index (χ3n) is 6.15. The van der Waals surface area contributed by atoms with E-state index >= 15 is 0 Å². The second-order valence-electron chi connectivity index (χ2n) is 9.53. The lowest BCUT2D eigenvalue weighted by molar-refractivity contribution is -0.139. The van der Waals surface area contributed by atoms with E-state index in [1.807, 2.05) is 30.3 Å². The van der Waals surface area contributed by atoms with Crippen LogP contribution in [0, 0.1) is 0 Å². The van der Waals surface area contributed by atoms with Gasteiger partial charge in [0.1, 0.15) is 12.6 Å². The average molecular weight is 576 g/mol. The molecule has 7 nitrogen and oxygen atoms in total. The number of carbonyl (C=O) groups excluding carboxylic acids is 2. The maximum Gasteiger partial charge on any atom is 0.416 e. The average Bonchev–Trinajstić information content (AvgIpc) is 2.92. The number of nitrogens with zero attached hydrogens (tertiary/aromatic N) is 2. The lowest BCUT2D eigenvalue weighted by Crippen LogP contribution is -2.53. The summed E-state index contributed by atoms with van der Waals surface area (Å²) in [6.07, 6.45) is -4.35. The molecule has 0 aliphatic carbocycles. The molecule has 0 aliphatic heterocycles. The first kappa shape index (κ1) is 30.7. The summed E-state index contributed by atoms with van der Waals surface area (Å²) in [6.45, 7) is 4.33. The van der Waals surface area contributed by atoms with Crippen LogP contribution in [-0.2, 0) is 32.2 Å². The molecule has 0 aliphatic rings. The molecule has 0 unspecified atom stereocenters. The number of halogens is 3. The molecule has 2 amide bonds. The van der Waals surface area contributed by atoms with Crippen molar-refractivity contribution in [1.82, 2.24) is 10.2 Å². The molecule has 0 radical (unpaired) electrons. The largest absolute Gasteiger partial charge is 0.416 e. The lowest BCUT2D eigenvalue weighted by atomic mass is 10.1. The maximum atomic E-state index is 13.8. The van der Waals surface area contributed by atoms with E-state index in [2.05, 4.69) is 5.32 Å². The van der Waals surface area contributed by atoms with Gasteiger partial charge in [-0.05, 0) is 63.1 Å². The smallest absolute Gasteiger partial charge is 0.352 e. The van der Waals surface area contributed by atoms with Crippen molar-refractivity contribution >= 4 is 27.5 Å². The Labute approximate surface area is 232 Å². The fourth-order valence-electron chi connectivity index (χ4n) is 4.06. The van der Waals surface area contributed by atoms with Crippen LogP contribution in [0.2, 0.25) is 0 Å². The van der Waals surface area contributed by atoms with E-state index < -0.39 is 46.2 Å². The van der Waals surface area contributed by atoms with Crippen LogP contribution in [0.5, 0.6) is 0 Å². The number of nitrogens with one attached hydrogen (secondary N) is 1. The number of hydrogen-bond acceptors (Lipinski definition) is 4. The van der Waals surface area contributed by atoms with Crippen molar-refractivity contribution in [2.75, 3.05) is 17.4 Å². The monoisotopic (exact) mass is 575 g/mol. The van der Waals surface area contributed by atoms with Gasteiger partial charge in [0.05, 0.1) is 16.1 Å². The van der Waals surface area contributed by atoms with Gasteiger partial charge in [0.25, 0.3) is 10.0 Å². The molecule has 0 spiro atoms. The van der Waals surface area contributed by atoms with Gasteiger partial charge >= 0.3 is 6.18 Å². The molecule has 0 aromatic heterocycles. The minimum Gasteiger partial charge on any atom is -0.352 e. The van der Waals surface area contributed by atoms with Crippen molar-refractivity contribution in [3.63, 3.8) is 0 Å². The van der Waals surface area contributed by atoms with Crippen molar-refractivity contribution in [3.05, 3.63) is 96.1 Å². The van der Waals surface area contributed by atoms with Crippen molar-refractivity contribution in [2.45, 2.75) is 50.3 Å². The Morgan fingerprint density at radius 3 is 2.05 bits per heavy atom. The predicted octanol–water partition coefficient (Wildman–Crippen LogP) is 4.89. The summed E-state index contributed by atoms with van der Waals surface area (Å²) in [6, 6.07) is 19.0. The molecule has 0 bridgehead atoms. The van der Waals surface area contributed by atoms with Gasteiger partial charge in [0, 0.05) is 12.6 Å². The van der Waals surface area contributed by atoms with Crippen LogP contribution in [0.3, 0.4) is 0 Å². The Balaban J connectivity index is 2.03. The second-order valence-corrected chi connectivity index (χ2v) is 11.4. The van der Waals surface area contributed by atoms with E-state index in [9.17, 15) is 31.2 Å². The third-order valence-corrected chi connectivity index (χ3v) is 7.94. The second kappa shape index (κ2) is 13.0. The van der Waals surface area contributed by atoms with Crippen LogP contribution in [0.25, 0.3) is 0 Å². The molecule has 0 saturated carbocycles. The van der Waals surface area contributed by atoms with Crippen LogP contribution in [0.1, 0.15) is 31.9 Å². The Morgan fingerprint density at radius 2 is 1.48 bits per heavy atom. The van der Waals surface area contributed by atoms with Gasteiger partial charge in [-0.15, -0.1) is 0 Å². The van der Waals surface area contributed by atoms with Gasteiger partial charge in [0.2, 0.25) is 11.8 Å². The topological polar surface area (TPSA) is 86.8 Å². The molecular weight excluding hydrogens is 543 g/mol. The lowest BCUT2D eigenvalue weighted by Gasteiger charge is -2.32. The van der Waals surface area contributed by atoms with Gasteiger partial charge in [-0.3, -0.25) is 13.9 Å². The van der Waals surface area contributed by atoms with Gasteiger partial charge in [0.15, 0.2) is 0 Å². The summed E-state index contributed by atoms with van der Waals surface area (Å²) in [5.74, 6) is -1.17. The summed E-state index contributed by atoms with van der Waals surface area (Å²) in [5, 5.41) is 2.75. The fraction of sp³-hybridized carbons (Fsp3) is 0.310. The number of rotatable bonds is 11. The third kappa shape index (κ3) is 7.84. The van der Waals surface area contributed by atoms with E-state index in [0.717, 1.165) is 17.7 Å². The van der Waals surface area contributed by atoms with Gasteiger partial charge in [-0.1, -0.05) is 54.6 Å². The first-order valence-electron chi connectivity index (χ1n) is 12.7. The molecule has 0 fully saturated rings. The first-order chi connectivity index (χ1) is 18.8. The Hall–Kier alpha value is -3.86. The summed E-state index contributed by atoms with van der Waals surface area (Å²) < 4.78 is 68.5. The van der Waals surface area contributed by atoms with Crippen LogP contribution in [-0.4, -0.2) is 50.3 Å². The molecule has 1 N–H and O–H groups in total. The fourth-order valence-corrected chi connectivity index (χ4v) is 5.49. The number of carbonyl (C=O) groups is 2. The zero-order valence-corrected chi connectivity index (χ0v) is 23.2. The molecule has 3 aromatic rings. The molecule has 214 valence electrons. The summed E-state index contributed by atoms with van der Waals surface area (Å²) in [7, 11) is -4.46. The number of amides is 2. The van der Waals surface area contributed by atoms with Crippen LogP contribution in [0.15, 0.2) is 89.8 Å². The number of alkyl halides is 3. The highest BCUT2D eigenvalue weighted by atomic mass is 32.2. The highest BCUT2D eigenvalue weighted by molar-refractivity contribution is 7.92. The highest BCUT2D eigenvalue weighted by Crippen LogP contribution is 2.33. The minimum absolute atomic E-state index is 0.0807. The molecule has 11 heteroatoms. The van der Waals surface area contributed by atoms with Crippen LogP contribution in [0.4, 0.5) is 18.9 Å². The molecule has 3 rings (SSSR count). The van der Waals surface area contributed by atoms with Crippen LogP contribution < -0.4 is 9.62 Å². The standard InChI is InChI=1S/C29H32F3N3O4S/c1-21(2)33-28(37)22(3)34(18-17-23-11-6-4-7-12-23)27(36)20-35(40(38,39)26-15-8-5-9-16-26)25-14-10-13-24(19-25)29(30,31)32/h4-16,19,21-22H,17-18,20H2,1-3H3,(H,33,37)/t22-/m0/s1. The van der Waals surface area contributed by atoms with E-state index in [4.69, 9.17) is 0 Å². The van der Waals surface area contributed by atoms with Crippen molar-refractivity contribution in [1.29, 1.82) is 0 Å². The predicted molar refractivity (Wildman–Crippen MR) is 147 cm³/mol. The van der Waals surface area contributed by atoms with E-state index in [1.54, 1.807) is 19.9 Å². The van der Waals surface area contributed by atoms with Gasteiger partial charge in [-0.2, -0.15) is 13.2 Å². The molecule has 40 heavy (non-hydrogen) atoms. The number of hydrogen-bond donors (Lipinski definition) is 1. The number of anilines is 1. The van der Waals surface area contributed by atoms with Crippen molar-refractivity contribution < 1.29 is 31.2 Å². The maximum absolute atomic E-state index is 13.8. The van der Waals surface area contributed by atoms with Crippen LogP contribution >= 0.6 is 0 Å². The summed E-state index contributed by atoms with van der Waals surface area (Å²) in [4.78, 5) is 27.7. The SMILES string of the molecule is CC(C)NC(=O)[C@H](C)N(CCc1ccccc1)C(=O)CN(c1cccc(C(F)(F)F)c1)S(=O)(=O)c1ccccc1. The zero-order valence-electron chi connectivity index (χ0n) is 22.4. The highest BCUT2D eigenvalue weighted by Gasteiger charge is 2.35. The van der Waals surface area contributed by atoms with E-state index in [-0.39, 0.29) is 23.2 Å². The summed E-state index contributed by atoms with van der Waals surface area (Å²) >= 11 is 0. The summed E-state index contributed by atoms with van der Waals surface area (Å²) in [5.41, 5.74) is -0.492. The van der Waals surface area contributed by atoms with Gasteiger partial charge < -0.3 is 10.2 Å². The molecular formula is C29H32F3N3O4S. The molecule has 3 aromatic carbocycles. The molecule has 0 saturated heterocycles. The normalized spacial score (nSPS) is 12.6. The Bertz CT molecular complexity index is 1400. The minimum atomic E-state index is -4.73. The quantitative estimate of drug-likeness (QED) is 0.353. The Kier molecular flexibility index (Phi) is 9.97. The Morgan fingerprint density at radius 1 is 0.875 bits per heavy atom. The molecule has 1 atom stereocenters. The van der Waals surface area contributed by atoms with Crippen molar-refractivity contribution in [3.8, 4) is 0 Å². The van der Waals surface area contributed by atoms with Gasteiger partial charge in [-0.25, -0.2) is 8.42 Å². The van der Waals surface area contributed by atoms with E-state index in [1.165, 1.54) is 42.2 Å². The number of sulfonamides is 1. The first-order valence-corrected chi connectivity index (χ1v) is 14.1. The zero-order chi connectivity index (χ0) is 29.5. The van der Waals surface area contributed by atoms with E-state index in [0.29, 0.717) is 16.8 Å².